The van der Waals surface area contributed by atoms with Gasteiger partial charge in [-0.3, -0.25) is 9.59 Å². The number of hydrogen-bond acceptors (Lipinski definition) is 6. The molecule has 1 heterocycles. The molecule has 0 fully saturated rings. The van der Waals surface area contributed by atoms with E-state index >= 15 is 0 Å². The minimum Gasteiger partial charge on any atom is -0.493 e. The fourth-order valence-corrected chi connectivity index (χ4v) is 3.25. The monoisotopic (exact) mass is 365 g/mol. The zero-order chi connectivity index (χ0) is 18.9. The van der Waals surface area contributed by atoms with E-state index in [2.05, 4.69) is 10.4 Å². The van der Waals surface area contributed by atoms with Gasteiger partial charge in [-0.25, -0.2) is 13.1 Å². The zero-order valence-electron chi connectivity index (χ0n) is 14.3. The van der Waals surface area contributed by atoms with E-state index < -0.39 is 15.6 Å². The summed E-state index contributed by atoms with van der Waals surface area (Å²) in [6.07, 6.45) is 2.41. The van der Waals surface area contributed by atoms with Crippen LogP contribution in [-0.4, -0.2) is 41.3 Å². The molecule has 0 saturated carbocycles. The van der Waals surface area contributed by atoms with Crippen molar-refractivity contribution in [1.82, 2.24) is 9.78 Å². The van der Waals surface area contributed by atoms with E-state index in [1.165, 1.54) is 25.4 Å². The van der Waals surface area contributed by atoms with Crippen LogP contribution in [0.2, 0.25) is 0 Å². The standard InChI is InChI=1S/C16H19N3O5S/c1-5-13(20)18-14-9(2)10(6-7-12(14)25(4,23)24)15(21)11-8-17-19(3)16(11)22/h6-8,22H,5H2,1-4H3,(H,18,20). The maximum Gasteiger partial charge on any atom is 0.224 e. The van der Waals surface area contributed by atoms with Crippen molar-refractivity contribution in [1.29, 1.82) is 0 Å². The first kappa shape index (κ1) is 18.7. The van der Waals surface area contributed by atoms with Gasteiger partial charge in [-0.1, -0.05) is 6.92 Å². The van der Waals surface area contributed by atoms with Crippen LogP contribution in [0.4, 0.5) is 5.69 Å². The van der Waals surface area contributed by atoms with Crippen molar-refractivity contribution in [2.75, 3.05) is 11.6 Å². The molecule has 134 valence electrons. The van der Waals surface area contributed by atoms with Crippen LogP contribution in [-0.2, 0) is 21.7 Å². The van der Waals surface area contributed by atoms with E-state index in [4.69, 9.17) is 0 Å². The van der Waals surface area contributed by atoms with Gasteiger partial charge in [0.25, 0.3) is 0 Å². The summed E-state index contributed by atoms with van der Waals surface area (Å²) in [5, 5.41) is 16.3. The highest BCUT2D eigenvalue weighted by atomic mass is 32.2. The molecule has 2 aromatic rings. The number of rotatable bonds is 5. The van der Waals surface area contributed by atoms with Crippen LogP contribution in [0.1, 0.15) is 34.8 Å². The molecule has 1 aromatic carbocycles. The number of nitrogens with zero attached hydrogens (tertiary/aromatic N) is 2. The average Bonchev–Trinajstić information content (AvgIpc) is 2.86. The number of aromatic nitrogens is 2. The van der Waals surface area contributed by atoms with Crippen LogP contribution < -0.4 is 5.32 Å². The number of anilines is 1. The van der Waals surface area contributed by atoms with Gasteiger partial charge >= 0.3 is 0 Å². The van der Waals surface area contributed by atoms with Gasteiger partial charge in [-0.2, -0.15) is 5.10 Å². The van der Waals surface area contributed by atoms with Crippen molar-refractivity contribution in [3.05, 3.63) is 35.0 Å². The van der Waals surface area contributed by atoms with Crippen molar-refractivity contribution in [3.63, 3.8) is 0 Å². The van der Waals surface area contributed by atoms with E-state index in [1.54, 1.807) is 13.8 Å². The number of aryl methyl sites for hydroxylation is 1. The molecule has 0 bridgehead atoms. The molecule has 0 aliphatic carbocycles. The number of carbonyl (C=O) groups excluding carboxylic acids is 2. The highest BCUT2D eigenvalue weighted by Gasteiger charge is 2.24. The van der Waals surface area contributed by atoms with Crippen LogP contribution in [0, 0.1) is 6.92 Å². The molecular weight excluding hydrogens is 346 g/mol. The Kier molecular flexibility index (Phi) is 4.98. The van der Waals surface area contributed by atoms with Gasteiger partial charge in [-0.05, 0) is 24.6 Å². The second-order valence-corrected chi connectivity index (χ2v) is 7.60. The maximum absolute atomic E-state index is 12.7. The van der Waals surface area contributed by atoms with Crippen LogP contribution >= 0.6 is 0 Å². The average molecular weight is 365 g/mol. The van der Waals surface area contributed by atoms with E-state index in [0.717, 1.165) is 10.9 Å². The molecule has 0 aliphatic rings. The lowest BCUT2D eigenvalue weighted by Gasteiger charge is -2.15. The highest BCUT2D eigenvalue weighted by Crippen LogP contribution is 2.31. The molecule has 0 unspecified atom stereocenters. The van der Waals surface area contributed by atoms with Gasteiger partial charge < -0.3 is 10.4 Å². The minimum absolute atomic E-state index is 0.00882. The number of sulfone groups is 1. The number of carbonyl (C=O) groups is 2. The third-order valence-corrected chi connectivity index (χ3v) is 4.95. The molecule has 2 N–H and O–H groups in total. The lowest BCUT2D eigenvalue weighted by Crippen LogP contribution is -2.16. The van der Waals surface area contributed by atoms with Gasteiger partial charge in [-0.15, -0.1) is 0 Å². The first-order chi connectivity index (χ1) is 11.6. The summed E-state index contributed by atoms with van der Waals surface area (Å²) in [5.74, 6) is -1.19. The summed E-state index contributed by atoms with van der Waals surface area (Å²) in [7, 11) is -2.13. The van der Waals surface area contributed by atoms with E-state index in [0.29, 0.717) is 5.56 Å². The molecule has 0 saturated heterocycles. The summed E-state index contributed by atoms with van der Waals surface area (Å²) >= 11 is 0. The molecular formula is C16H19N3O5S. The van der Waals surface area contributed by atoms with Crippen LogP contribution in [0.3, 0.4) is 0 Å². The number of amides is 1. The minimum atomic E-state index is -3.61. The summed E-state index contributed by atoms with van der Waals surface area (Å²) in [6.45, 7) is 3.17. The van der Waals surface area contributed by atoms with Crippen LogP contribution in [0.25, 0.3) is 0 Å². The Bertz CT molecular complexity index is 960. The van der Waals surface area contributed by atoms with Crippen LogP contribution in [0.5, 0.6) is 5.88 Å². The third kappa shape index (κ3) is 3.55. The predicted molar refractivity (Wildman–Crippen MR) is 91.5 cm³/mol. The molecule has 0 spiro atoms. The Morgan fingerprint density at radius 1 is 1.28 bits per heavy atom. The first-order valence-corrected chi connectivity index (χ1v) is 9.36. The Morgan fingerprint density at radius 3 is 2.40 bits per heavy atom. The SMILES string of the molecule is CCC(=O)Nc1c(S(C)(=O)=O)ccc(C(=O)c2cnn(C)c2O)c1C. The second kappa shape index (κ2) is 6.67. The van der Waals surface area contributed by atoms with Crippen LogP contribution in [0.15, 0.2) is 23.2 Å². The Hall–Kier alpha value is -2.68. The van der Waals surface area contributed by atoms with Gasteiger partial charge in [0.15, 0.2) is 15.6 Å². The van der Waals surface area contributed by atoms with Gasteiger partial charge in [0.1, 0.15) is 5.56 Å². The van der Waals surface area contributed by atoms with Crippen molar-refractivity contribution in [2.24, 2.45) is 7.05 Å². The normalized spacial score (nSPS) is 11.4. The number of hydrogen-bond donors (Lipinski definition) is 2. The molecule has 2 rings (SSSR count). The predicted octanol–water partition coefficient (Wildman–Crippen LogP) is 1.42. The Morgan fingerprint density at radius 2 is 1.92 bits per heavy atom. The summed E-state index contributed by atoms with van der Waals surface area (Å²) in [6, 6.07) is 2.64. The van der Waals surface area contributed by atoms with Gasteiger partial charge in [0.05, 0.1) is 16.8 Å². The van der Waals surface area contributed by atoms with Crippen molar-refractivity contribution < 1.29 is 23.1 Å². The fourth-order valence-electron chi connectivity index (χ4n) is 2.36. The molecule has 0 aliphatic heterocycles. The van der Waals surface area contributed by atoms with Crippen molar-refractivity contribution in [2.45, 2.75) is 25.2 Å². The lowest BCUT2D eigenvalue weighted by atomic mass is 9.99. The van der Waals surface area contributed by atoms with Gasteiger partial charge in [0.2, 0.25) is 11.8 Å². The summed E-state index contributed by atoms with van der Waals surface area (Å²) < 4.78 is 25.1. The maximum atomic E-state index is 12.7. The molecule has 1 amide bonds. The third-order valence-electron chi connectivity index (χ3n) is 3.81. The van der Waals surface area contributed by atoms with E-state index in [-0.39, 0.29) is 39.9 Å². The Labute approximate surface area is 145 Å². The van der Waals surface area contributed by atoms with Gasteiger partial charge in [0, 0.05) is 25.3 Å². The quantitative estimate of drug-likeness (QED) is 0.774. The second-order valence-electron chi connectivity index (χ2n) is 5.62. The van der Waals surface area contributed by atoms with E-state index in [1.807, 2.05) is 0 Å². The smallest absolute Gasteiger partial charge is 0.224 e. The number of nitrogens with one attached hydrogen (secondary N) is 1. The molecule has 1 aromatic heterocycles. The molecule has 25 heavy (non-hydrogen) atoms. The van der Waals surface area contributed by atoms with Crippen molar-refractivity contribution in [3.8, 4) is 5.88 Å². The Balaban J connectivity index is 2.65. The lowest BCUT2D eigenvalue weighted by molar-refractivity contribution is -0.115. The largest absolute Gasteiger partial charge is 0.493 e. The van der Waals surface area contributed by atoms with Crippen molar-refractivity contribution >= 4 is 27.2 Å². The molecule has 0 radical (unpaired) electrons. The summed E-state index contributed by atoms with van der Waals surface area (Å²) in [5.41, 5.74) is 0.536. The first-order valence-electron chi connectivity index (χ1n) is 7.47. The molecule has 9 heteroatoms. The number of ketones is 1. The zero-order valence-corrected chi connectivity index (χ0v) is 15.1. The molecule has 0 atom stereocenters. The summed E-state index contributed by atoms with van der Waals surface area (Å²) in [4.78, 5) is 24.4. The number of aromatic hydroxyl groups is 1. The number of benzene rings is 1. The topological polar surface area (TPSA) is 118 Å². The van der Waals surface area contributed by atoms with E-state index in [9.17, 15) is 23.1 Å². The molecule has 8 nitrogen and oxygen atoms in total. The fraction of sp³-hybridized carbons (Fsp3) is 0.312. The highest BCUT2D eigenvalue weighted by molar-refractivity contribution is 7.90.